The van der Waals surface area contributed by atoms with Gasteiger partial charge in [-0.15, -0.1) is 0 Å². The molecule has 1 heterocycles. The molecule has 1 N–H and O–H groups in total. The number of hydrogen-bond acceptors (Lipinski definition) is 6. The number of nitrogens with one attached hydrogen (secondary N) is 1. The largest absolute Gasteiger partial charge is 0.450 e. The third-order valence-corrected chi connectivity index (χ3v) is 4.33. The summed E-state index contributed by atoms with van der Waals surface area (Å²) >= 11 is 0. The predicted octanol–water partition coefficient (Wildman–Crippen LogP) is 1.16. The highest BCUT2D eigenvalue weighted by Gasteiger charge is 2.29. The van der Waals surface area contributed by atoms with E-state index in [2.05, 4.69) is 5.32 Å². The number of amides is 1. The summed E-state index contributed by atoms with van der Waals surface area (Å²) < 4.78 is 4.99. The van der Waals surface area contributed by atoms with Crippen LogP contribution in [0.5, 0.6) is 0 Å². The molecule has 128 valence electrons. The molecular formula is C16H25N3O4. The van der Waals surface area contributed by atoms with Gasteiger partial charge < -0.3 is 19.9 Å². The van der Waals surface area contributed by atoms with E-state index >= 15 is 0 Å². The number of carbonyl (C=O) groups excluding carboxylic acids is 1. The van der Waals surface area contributed by atoms with Crippen LogP contribution in [-0.2, 0) is 4.74 Å². The van der Waals surface area contributed by atoms with Crippen LogP contribution in [0.25, 0.3) is 0 Å². The lowest BCUT2D eigenvalue weighted by atomic mass is 10.0. The van der Waals surface area contributed by atoms with E-state index in [0.717, 1.165) is 12.8 Å². The van der Waals surface area contributed by atoms with Crippen LogP contribution in [0, 0.1) is 0 Å². The summed E-state index contributed by atoms with van der Waals surface area (Å²) in [5, 5.41) is 3.21. The number of anilines is 2. The van der Waals surface area contributed by atoms with Crippen LogP contribution < -0.4 is 21.1 Å². The Morgan fingerprint density at radius 2 is 1.78 bits per heavy atom. The van der Waals surface area contributed by atoms with Crippen LogP contribution in [0.15, 0.2) is 9.59 Å². The van der Waals surface area contributed by atoms with Crippen LogP contribution in [0.1, 0.15) is 33.6 Å². The Kier molecular flexibility index (Phi) is 5.63. The van der Waals surface area contributed by atoms with E-state index in [9.17, 15) is 14.4 Å². The van der Waals surface area contributed by atoms with Gasteiger partial charge in [-0.3, -0.25) is 9.59 Å². The molecule has 0 spiro atoms. The Labute approximate surface area is 135 Å². The van der Waals surface area contributed by atoms with E-state index in [-0.39, 0.29) is 12.1 Å². The number of likely N-dealkylation sites (tertiary alicyclic amines) is 1. The maximum atomic E-state index is 11.9. The van der Waals surface area contributed by atoms with Crippen molar-refractivity contribution < 1.29 is 9.53 Å². The van der Waals surface area contributed by atoms with Gasteiger partial charge in [-0.2, -0.15) is 0 Å². The van der Waals surface area contributed by atoms with Crippen molar-refractivity contribution >= 4 is 17.5 Å². The van der Waals surface area contributed by atoms with E-state index in [4.69, 9.17) is 4.74 Å². The first kappa shape index (κ1) is 17.3. The van der Waals surface area contributed by atoms with E-state index in [0.29, 0.717) is 44.2 Å². The lowest BCUT2D eigenvalue weighted by Gasteiger charge is -2.33. The summed E-state index contributed by atoms with van der Waals surface area (Å²) in [5.74, 6) is 0. The molecule has 0 unspecified atom stereocenters. The molecule has 7 nitrogen and oxygen atoms in total. The van der Waals surface area contributed by atoms with Gasteiger partial charge in [0.05, 0.1) is 6.61 Å². The summed E-state index contributed by atoms with van der Waals surface area (Å²) in [7, 11) is 0. The molecule has 1 amide bonds. The maximum Gasteiger partial charge on any atom is 0.409 e. The lowest BCUT2D eigenvalue weighted by Crippen LogP contribution is -2.47. The fraction of sp³-hybridized carbons (Fsp3) is 0.688. The van der Waals surface area contributed by atoms with Gasteiger partial charge >= 0.3 is 6.09 Å². The zero-order chi connectivity index (χ0) is 17.0. The van der Waals surface area contributed by atoms with Crippen LogP contribution >= 0.6 is 0 Å². The fourth-order valence-electron chi connectivity index (χ4n) is 2.98. The van der Waals surface area contributed by atoms with Crippen LogP contribution in [0.2, 0.25) is 0 Å². The molecule has 7 heteroatoms. The van der Waals surface area contributed by atoms with Crippen molar-refractivity contribution in [3.8, 4) is 0 Å². The Balaban J connectivity index is 1.98. The number of piperidine rings is 1. The molecule has 0 radical (unpaired) electrons. The molecule has 2 rings (SSSR count). The second-order valence-corrected chi connectivity index (χ2v) is 5.66. The van der Waals surface area contributed by atoms with Crippen molar-refractivity contribution in [2.75, 3.05) is 43.0 Å². The van der Waals surface area contributed by atoms with Gasteiger partial charge in [0.25, 0.3) is 10.9 Å². The summed E-state index contributed by atoms with van der Waals surface area (Å²) in [6.45, 7) is 8.64. The monoisotopic (exact) mass is 323 g/mol. The summed E-state index contributed by atoms with van der Waals surface area (Å²) in [6.07, 6.45) is 1.17. The first-order chi connectivity index (χ1) is 11.0. The van der Waals surface area contributed by atoms with Gasteiger partial charge in [0.15, 0.2) is 0 Å². The molecule has 1 aromatic rings. The normalized spacial score (nSPS) is 15.7. The summed E-state index contributed by atoms with van der Waals surface area (Å²) in [5.41, 5.74) is 0.112. The third kappa shape index (κ3) is 3.48. The van der Waals surface area contributed by atoms with Gasteiger partial charge in [-0.25, -0.2) is 4.79 Å². The van der Waals surface area contributed by atoms with E-state index < -0.39 is 10.9 Å². The number of carbonyl (C=O) groups is 1. The van der Waals surface area contributed by atoms with Gasteiger partial charge in [0.1, 0.15) is 11.4 Å². The molecule has 0 aliphatic carbocycles. The van der Waals surface area contributed by atoms with Crippen LogP contribution in [0.4, 0.5) is 16.2 Å². The minimum atomic E-state index is -0.431. The quantitative estimate of drug-likeness (QED) is 0.792. The summed E-state index contributed by atoms with van der Waals surface area (Å²) in [4.78, 5) is 38.9. The maximum absolute atomic E-state index is 11.9. The van der Waals surface area contributed by atoms with Crippen LogP contribution in [-0.4, -0.2) is 49.8 Å². The zero-order valence-electron chi connectivity index (χ0n) is 14.1. The Hall–Kier alpha value is -2.05. The number of nitrogens with zero attached hydrogens (tertiary/aromatic N) is 2. The smallest absolute Gasteiger partial charge is 0.409 e. The molecule has 1 aliphatic rings. The molecule has 0 saturated carbocycles. The number of hydrogen-bond donors (Lipinski definition) is 1. The molecule has 0 aromatic heterocycles. The van der Waals surface area contributed by atoms with Crippen molar-refractivity contribution in [3.63, 3.8) is 0 Å². The molecule has 23 heavy (non-hydrogen) atoms. The molecule has 1 fully saturated rings. The molecule has 1 aliphatic heterocycles. The average Bonchev–Trinajstić information content (AvgIpc) is 2.58. The molecular weight excluding hydrogens is 298 g/mol. The second-order valence-electron chi connectivity index (χ2n) is 5.66. The molecule has 1 saturated heterocycles. The van der Waals surface area contributed by atoms with Crippen molar-refractivity contribution in [1.82, 2.24) is 4.90 Å². The molecule has 1 aromatic carbocycles. The Morgan fingerprint density at radius 1 is 1.17 bits per heavy atom. The standard InChI is InChI=1S/C16H25N3O4/c1-4-18(5-2)13-12(14(20)15(13)21)17-11-7-9-19(10-8-11)16(22)23-6-3/h11,17H,4-10H2,1-3H3. The van der Waals surface area contributed by atoms with E-state index in [1.54, 1.807) is 11.8 Å². The number of rotatable bonds is 6. The van der Waals surface area contributed by atoms with E-state index in [1.807, 2.05) is 18.7 Å². The topological polar surface area (TPSA) is 79.0 Å². The minimum absolute atomic E-state index is 0.0956. The van der Waals surface area contributed by atoms with Gasteiger partial charge in [0, 0.05) is 32.2 Å². The van der Waals surface area contributed by atoms with Crippen molar-refractivity contribution in [3.05, 3.63) is 20.4 Å². The predicted molar refractivity (Wildman–Crippen MR) is 90.2 cm³/mol. The summed E-state index contributed by atoms with van der Waals surface area (Å²) in [6, 6.07) is 0.0956. The van der Waals surface area contributed by atoms with E-state index in [1.165, 1.54) is 0 Å². The zero-order valence-corrected chi connectivity index (χ0v) is 14.1. The Morgan fingerprint density at radius 3 is 2.30 bits per heavy atom. The second kappa shape index (κ2) is 7.48. The van der Waals surface area contributed by atoms with Crippen LogP contribution in [0.3, 0.4) is 0 Å². The Bertz CT molecular complexity index is 609. The average molecular weight is 323 g/mol. The van der Waals surface area contributed by atoms with Gasteiger partial charge in [-0.1, -0.05) is 0 Å². The minimum Gasteiger partial charge on any atom is -0.450 e. The highest BCUT2D eigenvalue weighted by Crippen LogP contribution is 2.23. The van der Waals surface area contributed by atoms with Crippen molar-refractivity contribution in [2.45, 2.75) is 39.7 Å². The lowest BCUT2D eigenvalue weighted by molar-refractivity contribution is 0.0983. The number of ether oxygens (including phenoxy) is 1. The van der Waals surface area contributed by atoms with Crippen molar-refractivity contribution in [2.24, 2.45) is 0 Å². The SMILES string of the molecule is CCOC(=O)N1CCC(Nc2c(N(CC)CC)c(=O)c2=O)CC1. The fourth-order valence-corrected chi connectivity index (χ4v) is 2.98. The van der Waals surface area contributed by atoms with Gasteiger partial charge in [0.2, 0.25) is 0 Å². The highest BCUT2D eigenvalue weighted by atomic mass is 16.6. The molecule has 0 bridgehead atoms. The van der Waals surface area contributed by atoms with Crippen molar-refractivity contribution in [1.29, 1.82) is 0 Å². The third-order valence-electron chi connectivity index (χ3n) is 4.33. The first-order valence-electron chi connectivity index (χ1n) is 8.29. The van der Waals surface area contributed by atoms with Gasteiger partial charge in [-0.05, 0) is 33.6 Å². The first-order valence-corrected chi connectivity index (χ1v) is 8.29. The highest BCUT2D eigenvalue weighted by molar-refractivity contribution is 5.75. The molecule has 0 atom stereocenters.